The molecule has 1 aliphatic heterocycles. The number of methoxy groups -OCH3 is 1. The first kappa shape index (κ1) is 12.6. The lowest BCUT2D eigenvalue weighted by atomic mass is 10.1. The highest BCUT2D eigenvalue weighted by molar-refractivity contribution is 9.10. The lowest BCUT2D eigenvalue weighted by Gasteiger charge is -2.19. The van der Waals surface area contributed by atoms with E-state index < -0.39 is 11.8 Å². The van der Waals surface area contributed by atoms with Gasteiger partial charge in [0, 0.05) is 10.0 Å². The second-order valence-electron chi connectivity index (χ2n) is 3.49. The van der Waals surface area contributed by atoms with Crippen LogP contribution in [0.15, 0.2) is 16.6 Å². The number of amides is 1. The van der Waals surface area contributed by atoms with Crippen LogP contribution in [-0.4, -0.2) is 31.4 Å². The number of carbonyl (C=O) groups is 3. The van der Waals surface area contributed by atoms with Crippen molar-refractivity contribution in [1.29, 1.82) is 0 Å². The first-order valence-electron chi connectivity index (χ1n) is 4.91. The molecule has 2 rings (SSSR count). The highest BCUT2D eigenvalue weighted by Gasteiger charge is 2.24. The third-order valence-electron chi connectivity index (χ3n) is 2.32. The van der Waals surface area contributed by atoms with Crippen molar-refractivity contribution in [1.82, 2.24) is 0 Å². The number of hydrogen-bond acceptors (Lipinski definition) is 5. The number of anilines is 1. The van der Waals surface area contributed by atoms with E-state index in [0.29, 0.717) is 15.9 Å². The van der Waals surface area contributed by atoms with Gasteiger partial charge in [0.2, 0.25) is 0 Å². The topological polar surface area (TPSA) is 81.7 Å². The van der Waals surface area contributed by atoms with Crippen molar-refractivity contribution in [2.75, 3.05) is 19.0 Å². The lowest BCUT2D eigenvalue weighted by Crippen LogP contribution is -2.26. The van der Waals surface area contributed by atoms with Gasteiger partial charge in [0.25, 0.3) is 11.7 Å². The van der Waals surface area contributed by atoms with Crippen molar-refractivity contribution in [3.05, 3.63) is 22.2 Å². The Morgan fingerprint density at radius 1 is 1.44 bits per heavy atom. The molecule has 0 saturated heterocycles. The molecule has 0 fully saturated rings. The lowest BCUT2D eigenvalue weighted by molar-refractivity contribution is -0.135. The number of hydrogen-bond donors (Lipinski definition) is 1. The van der Waals surface area contributed by atoms with E-state index in [1.165, 1.54) is 12.1 Å². The molecule has 0 atom stereocenters. The molecule has 0 bridgehead atoms. The maximum absolute atomic E-state index is 11.7. The van der Waals surface area contributed by atoms with Crippen LogP contribution < -0.4 is 10.1 Å². The van der Waals surface area contributed by atoms with E-state index in [2.05, 4.69) is 26.0 Å². The van der Waals surface area contributed by atoms with Crippen LogP contribution in [-0.2, 0) is 14.3 Å². The van der Waals surface area contributed by atoms with E-state index >= 15 is 0 Å². The van der Waals surface area contributed by atoms with Gasteiger partial charge in [-0.2, -0.15) is 0 Å². The first-order chi connectivity index (χ1) is 8.52. The van der Waals surface area contributed by atoms with Crippen LogP contribution in [0.1, 0.15) is 10.4 Å². The molecule has 1 N–H and O–H groups in total. The van der Waals surface area contributed by atoms with Crippen molar-refractivity contribution in [3.63, 3.8) is 0 Å². The summed E-state index contributed by atoms with van der Waals surface area (Å²) >= 11 is 3.16. The number of rotatable bonds is 2. The fraction of sp³-hybridized carbons (Fsp3) is 0.182. The third kappa shape index (κ3) is 2.21. The van der Waals surface area contributed by atoms with Crippen LogP contribution in [0.4, 0.5) is 5.69 Å². The second kappa shape index (κ2) is 4.77. The summed E-state index contributed by atoms with van der Waals surface area (Å²) in [7, 11) is 1.13. The molecule has 0 aliphatic carbocycles. The van der Waals surface area contributed by atoms with Crippen LogP contribution in [0.3, 0.4) is 0 Å². The van der Waals surface area contributed by atoms with Gasteiger partial charge in [-0.3, -0.25) is 9.59 Å². The molecule has 1 aliphatic rings. The SMILES string of the molecule is COC(=O)C(=O)c1cc2c(cc1Br)NC(=O)CO2. The van der Waals surface area contributed by atoms with E-state index in [-0.39, 0.29) is 18.1 Å². The molecular formula is C11H8BrNO5. The van der Waals surface area contributed by atoms with Gasteiger partial charge in [0.15, 0.2) is 6.61 Å². The van der Waals surface area contributed by atoms with Gasteiger partial charge in [0.1, 0.15) is 5.75 Å². The third-order valence-corrected chi connectivity index (χ3v) is 2.97. The molecule has 1 aromatic carbocycles. The second-order valence-corrected chi connectivity index (χ2v) is 4.34. The zero-order chi connectivity index (χ0) is 13.3. The number of ketones is 1. The van der Waals surface area contributed by atoms with Crippen LogP contribution in [0, 0.1) is 0 Å². The van der Waals surface area contributed by atoms with Crippen LogP contribution in [0.2, 0.25) is 0 Å². The molecule has 1 amide bonds. The standard InChI is InChI=1S/C11H8BrNO5/c1-17-11(16)10(15)5-2-8-7(3-6(5)12)13-9(14)4-18-8/h2-3H,4H2,1H3,(H,13,14). The van der Waals surface area contributed by atoms with E-state index in [9.17, 15) is 14.4 Å². The summed E-state index contributed by atoms with van der Waals surface area (Å²) in [5.74, 6) is -1.69. The Kier molecular flexibility index (Phi) is 3.33. The molecule has 18 heavy (non-hydrogen) atoms. The quantitative estimate of drug-likeness (QED) is 0.503. The Balaban J connectivity index is 2.42. The number of Topliss-reactive ketones (excluding diaryl/α,β-unsaturated/α-hetero) is 1. The van der Waals surface area contributed by atoms with Crippen molar-refractivity contribution >= 4 is 39.3 Å². The van der Waals surface area contributed by atoms with Gasteiger partial charge in [-0.1, -0.05) is 0 Å². The molecule has 1 aromatic rings. The number of carbonyl (C=O) groups excluding carboxylic acids is 3. The zero-order valence-corrected chi connectivity index (χ0v) is 10.9. The predicted octanol–water partition coefficient (Wildman–Crippen LogP) is 1.14. The van der Waals surface area contributed by atoms with Crippen LogP contribution in [0.5, 0.6) is 5.75 Å². The average molecular weight is 314 g/mol. The zero-order valence-electron chi connectivity index (χ0n) is 9.28. The summed E-state index contributed by atoms with van der Waals surface area (Å²) in [4.78, 5) is 34.0. The monoisotopic (exact) mass is 313 g/mol. The number of benzene rings is 1. The summed E-state index contributed by atoms with van der Waals surface area (Å²) in [6.07, 6.45) is 0. The van der Waals surface area contributed by atoms with Gasteiger partial charge < -0.3 is 14.8 Å². The highest BCUT2D eigenvalue weighted by Crippen LogP contribution is 2.33. The fourth-order valence-corrected chi connectivity index (χ4v) is 2.00. The molecule has 0 spiro atoms. The molecule has 7 heteroatoms. The fourth-order valence-electron chi connectivity index (χ4n) is 1.48. The molecular weight excluding hydrogens is 306 g/mol. The van der Waals surface area contributed by atoms with E-state index in [0.717, 1.165) is 7.11 Å². The number of esters is 1. The molecule has 0 saturated carbocycles. The Bertz CT molecular complexity index is 555. The predicted molar refractivity (Wildman–Crippen MR) is 64.6 cm³/mol. The highest BCUT2D eigenvalue weighted by atomic mass is 79.9. The van der Waals surface area contributed by atoms with Crippen LogP contribution >= 0.6 is 15.9 Å². The maximum Gasteiger partial charge on any atom is 0.379 e. The summed E-state index contributed by atoms with van der Waals surface area (Å²) in [6.45, 7) is -0.125. The number of fused-ring (bicyclic) bond motifs is 1. The van der Waals surface area contributed by atoms with Gasteiger partial charge in [-0.15, -0.1) is 0 Å². The number of halogens is 1. The number of nitrogens with one attached hydrogen (secondary N) is 1. The molecule has 0 radical (unpaired) electrons. The molecule has 0 unspecified atom stereocenters. The Morgan fingerprint density at radius 3 is 2.83 bits per heavy atom. The minimum absolute atomic E-state index is 0.122. The van der Waals surface area contributed by atoms with Crippen LogP contribution in [0.25, 0.3) is 0 Å². The molecule has 94 valence electrons. The average Bonchev–Trinajstić information content (AvgIpc) is 2.36. The van der Waals surface area contributed by atoms with E-state index in [1.807, 2.05) is 0 Å². The maximum atomic E-state index is 11.7. The molecule has 1 heterocycles. The summed E-state index contributed by atoms with van der Waals surface area (Å²) < 4.78 is 9.90. The Labute approximate surface area is 110 Å². The first-order valence-corrected chi connectivity index (χ1v) is 5.71. The summed E-state index contributed by atoms with van der Waals surface area (Å²) in [5, 5.41) is 2.59. The number of ether oxygens (including phenoxy) is 2. The van der Waals surface area contributed by atoms with Crippen molar-refractivity contribution < 1.29 is 23.9 Å². The molecule has 6 nitrogen and oxygen atoms in total. The minimum Gasteiger partial charge on any atom is -0.482 e. The van der Waals surface area contributed by atoms with Gasteiger partial charge in [-0.05, 0) is 28.1 Å². The van der Waals surface area contributed by atoms with Crippen molar-refractivity contribution in [3.8, 4) is 5.75 Å². The largest absolute Gasteiger partial charge is 0.482 e. The normalized spacial score (nSPS) is 13.1. The summed E-state index contributed by atoms with van der Waals surface area (Å²) in [5.41, 5.74) is 0.566. The van der Waals surface area contributed by atoms with E-state index in [4.69, 9.17) is 4.74 Å². The van der Waals surface area contributed by atoms with Gasteiger partial charge in [0.05, 0.1) is 12.8 Å². The molecule has 0 aromatic heterocycles. The Morgan fingerprint density at radius 2 is 2.17 bits per heavy atom. The van der Waals surface area contributed by atoms with Gasteiger partial charge >= 0.3 is 5.97 Å². The minimum atomic E-state index is -0.963. The van der Waals surface area contributed by atoms with Crippen molar-refractivity contribution in [2.45, 2.75) is 0 Å². The summed E-state index contributed by atoms with van der Waals surface area (Å²) in [6, 6.07) is 2.89. The smallest absolute Gasteiger partial charge is 0.379 e. The Hall–Kier alpha value is -1.89. The van der Waals surface area contributed by atoms with Gasteiger partial charge in [-0.25, -0.2) is 4.79 Å². The van der Waals surface area contributed by atoms with Crippen molar-refractivity contribution in [2.24, 2.45) is 0 Å². The van der Waals surface area contributed by atoms with E-state index in [1.54, 1.807) is 0 Å².